The van der Waals surface area contributed by atoms with E-state index in [0.717, 1.165) is 21.8 Å². The summed E-state index contributed by atoms with van der Waals surface area (Å²) in [6.07, 6.45) is 2.41. The van der Waals surface area contributed by atoms with Crippen molar-refractivity contribution in [3.8, 4) is 0 Å². The Balaban J connectivity index is 2.55. The molecule has 1 atom stereocenters. The van der Waals surface area contributed by atoms with E-state index in [0.29, 0.717) is 6.04 Å². The first-order valence-corrected chi connectivity index (χ1v) is 6.60. The Hall–Kier alpha value is -0.700. The van der Waals surface area contributed by atoms with Gasteiger partial charge in [-0.15, -0.1) is 0 Å². The Labute approximate surface area is 107 Å². The molecule has 0 saturated carbocycles. The van der Waals surface area contributed by atoms with Gasteiger partial charge in [-0.2, -0.15) is 0 Å². The lowest BCUT2D eigenvalue weighted by Gasteiger charge is -2.18. The average molecular weight is 285 g/mol. The maximum atomic E-state index is 5.91. The third-order valence-corrected chi connectivity index (χ3v) is 3.09. The average Bonchev–Trinajstić information content (AvgIpc) is 2.20. The normalized spacial score (nSPS) is 12.8. The Morgan fingerprint density at radius 3 is 2.56 bits per heavy atom. The van der Waals surface area contributed by atoms with Crippen LogP contribution < -0.4 is 11.1 Å². The Morgan fingerprint density at radius 1 is 1.25 bits per heavy atom. The smallest absolute Gasteiger partial charge is 0.0587 e. The summed E-state index contributed by atoms with van der Waals surface area (Å²) in [5, 5.41) is 3.45. The molecular weight excluding hydrogens is 264 g/mol. The Kier molecular flexibility index (Phi) is 5.13. The quantitative estimate of drug-likeness (QED) is 0.793. The zero-order chi connectivity index (χ0) is 12.1. The fourth-order valence-corrected chi connectivity index (χ4v) is 1.94. The van der Waals surface area contributed by atoms with Crippen LogP contribution in [0.15, 0.2) is 22.7 Å². The number of nitrogen functional groups attached to an aromatic ring is 1. The second-order valence-electron chi connectivity index (χ2n) is 4.75. The van der Waals surface area contributed by atoms with Gasteiger partial charge < -0.3 is 11.1 Å². The highest BCUT2D eigenvalue weighted by Gasteiger charge is 2.06. The molecule has 1 rings (SSSR count). The lowest BCUT2D eigenvalue weighted by molar-refractivity contribution is 0.528. The second-order valence-corrected chi connectivity index (χ2v) is 5.66. The summed E-state index contributed by atoms with van der Waals surface area (Å²) in [5.74, 6) is 0.754. The summed E-state index contributed by atoms with van der Waals surface area (Å²) in [5.41, 5.74) is 7.73. The van der Waals surface area contributed by atoms with Crippen LogP contribution in [0.3, 0.4) is 0 Å². The molecule has 0 amide bonds. The van der Waals surface area contributed by atoms with Crippen molar-refractivity contribution in [1.82, 2.24) is 0 Å². The molecule has 0 aliphatic heterocycles. The first kappa shape index (κ1) is 13.4. The van der Waals surface area contributed by atoms with Crippen LogP contribution in [0.4, 0.5) is 11.4 Å². The van der Waals surface area contributed by atoms with Gasteiger partial charge in [0.1, 0.15) is 0 Å². The molecule has 0 heterocycles. The molecule has 0 bridgehead atoms. The predicted octanol–water partition coefficient (Wildman–Crippen LogP) is 4.27. The first-order valence-electron chi connectivity index (χ1n) is 5.80. The molecule has 3 heteroatoms. The molecule has 0 aliphatic carbocycles. The van der Waals surface area contributed by atoms with Crippen LogP contribution in [-0.4, -0.2) is 6.04 Å². The van der Waals surface area contributed by atoms with Gasteiger partial charge in [0, 0.05) is 10.5 Å². The van der Waals surface area contributed by atoms with Crippen LogP contribution in [0.1, 0.15) is 33.6 Å². The fourth-order valence-electron chi connectivity index (χ4n) is 1.57. The number of nitrogens with one attached hydrogen (secondary N) is 1. The molecule has 3 N–H and O–H groups in total. The zero-order valence-corrected chi connectivity index (χ0v) is 11.8. The molecule has 0 aliphatic rings. The van der Waals surface area contributed by atoms with Crippen molar-refractivity contribution >= 4 is 27.3 Å². The molecule has 2 nitrogen and oxygen atoms in total. The molecule has 0 aromatic heterocycles. The van der Waals surface area contributed by atoms with Crippen molar-refractivity contribution in [1.29, 1.82) is 0 Å². The number of hydrogen-bond acceptors (Lipinski definition) is 2. The maximum Gasteiger partial charge on any atom is 0.0587 e. The monoisotopic (exact) mass is 284 g/mol. The predicted molar refractivity (Wildman–Crippen MR) is 75.7 cm³/mol. The molecule has 1 unspecified atom stereocenters. The van der Waals surface area contributed by atoms with Crippen molar-refractivity contribution in [3.63, 3.8) is 0 Å². The topological polar surface area (TPSA) is 38.0 Å². The van der Waals surface area contributed by atoms with Gasteiger partial charge in [-0.05, 0) is 43.9 Å². The molecule has 1 aromatic carbocycles. The van der Waals surface area contributed by atoms with E-state index in [1.54, 1.807) is 0 Å². The largest absolute Gasteiger partial charge is 0.397 e. The lowest BCUT2D eigenvalue weighted by Crippen LogP contribution is -2.16. The minimum atomic E-state index is 0.457. The molecule has 0 saturated heterocycles. The fraction of sp³-hybridized carbons (Fsp3) is 0.538. The standard InChI is InChI=1S/C13H21BrN2/c1-9(2)4-5-10(3)16-13-8-11(14)6-7-12(13)15/h6-10,16H,4-5,15H2,1-3H3. The number of hydrogen-bond donors (Lipinski definition) is 2. The Bertz CT molecular complexity index is 337. The van der Waals surface area contributed by atoms with Gasteiger partial charge in [-0.1, -0.05) is 29.8 Å². The van der Waals surface area contributed by atoms with Gasteiger partial charge in [-0.25, -0.2) is 0 Å². The van der Waals surface area contributed by atoms with E-state index in [1.165, 1.54) is 12.8 Å². The van der Waals surface area contributed by atoms with E-state index < -0.39 is 0 Å². The van der Waals surface area contributed by atoms with Crippen LogP contribution in [0, 0.1) is 5.92 Å². The summed E-state index contributed by atoms with van der Waals surface area (Å²) >= 11 is 3.45. The minimum absolute atomic E-state index is 0.457. The summed E-state index contributed by atoms with van der Waals surface area (Å²) < 4.78 is 1.06. The molecule has 0 fully saturated rings. The first-order chi connectivity index (χ1) is 7.49. The number of anilines is 2. The van der Waals surface area contributed by atoms with E-state index in [2.05, 4.69) is 42.0 Å². The minimum Gasteiger partial charge on any atom is -0.397 e. The summed E-state index contributed by atoms with van der Waals surface area (Å²) in [6.45, 7) is 6.70. The van der Waals surface area contributed by atoms with Gasteiger partial charge >= 0.3 is 0 Å². The van der Waals surface area contributed by atoms with Crippen molar-refractivity contribution < 1.29 is 0 Å². The van der Waals surface area contributed by atoms with Crippen molar-refractivity contribution in [2.45, 2.75) is 39.7 Å². The summed E-state index contributed by atoms with van der Waals surface area (Å²) in [7, 11) is 0. The number of rotatable bonds is 5. The van der Waals surface area contributed by atoms with Crippen LogP contribution in [0.5, 0.6) is 0 Å². The van der Waals surface area contributed by atoms with E-state index >= 15 is 0 Å². The van der Waals surface area contributed by atoms with Crippen LogP contribution in [0.2, 0.25) is 0 Å². The third-order valence-electron chi connectivity index (χ3n) is 2.59. The second kappa shape index (κ2) is 6.14. The van der Waals surface area contributed by atoms with Crippen molar-refractivity contribution in [2.75, 3.05) is 11.1 Å². The molecule has 90 valence electrons. The van der Waals surface area contributed by atoms with Crippen LogP contribution >= 0.6 is 15.9 Å². The molecule has 16 heavy (non-hydrogen) atoms. The number of nitrogens with two attached hydrogens (primary N) is 1. The molecular formula is C13H21BrN2. The third kappa shape index (κ3) is 4.44. The van der Waals surface area contributed by atoms with E-state index in [4.69, 9.17) is 5.73 Å². The van der Waals surface area contributed by atoms with Crippen molar-refractivity contribution in [2.24, 2.45) is 5.92 Å². The van der Waals surface area contributed by atoms with Crippen LogP contribution in [0.25, 0.3) is 0 Å². The van der Waals surface area contributed by atoms with E-state index in [1.807, 2.05) is 18.2 Å². The van der Waals surface area contributed by atoms with Crippen LogP contribution in [-0.2, 0) is 0 Å². The van der Waals surface area contributed by atoms with Gasteiger partial charge in [-0.3, -0.25) is 0 Å². The number of benzene rings is 1. The van der Waals surface area contributed by atoms with Gasteiger partial charge in [0.25, 0.3) is 0 Å². The van der Waals surface area contributed by atoms with E-state index in [9.17, 15) is 0 Å². The summed E-state index contributed by atoms with van der Waals surface area (Å²) in [6, 6.07) is 6.36. The molecule has 0 radical (unpaired) electrons. The Morgan fingerprint density at radius 2 is 1.94 bits per heavy atom. The van der Waals surface area contributed by atoms with E-state index in [-0.39, 0.29) is 0 Å². The van der Waals surface area contributed by atoms with Gasteiger partial charge in [0.05, 0.1) is 11.4 Å². The number of halogens is 1. The highest BCUT2D eigenvalue weighted by atomic mass is 79.9. The summed E-state index contributed by atoms with van der Waals surface area (Å²) in [4.78, 5) is 0. The highest BCUT2D eigenvalue weighted by molar-refractivity contribution is 9.10. The maximum absolute atomic E-state index is 5.91. The SMILES string of the molecule is CC(C)CCC(C)Nc1cc(Br)ccc1N. The van der Waals surface area contributed by atoms with Crippen molar-refractivity contribution in [3.05, 3.63) is 22.7 Å². The lowest BCUT2D eigenvalue weighted by atomic mass is 10.0. The molecule has 0 spiro atoms. The van der Waals surface area contributed by atoms with Gasteiger partial charge in [0.2, 0.25) is 0 Å². The highest BCUT2D eigenvalue weighted by Crippen LogP contribution is 2.24. The van der Waals surface area contributed by atoms with Gasteiger partial charge in [0.15, 0.2) is 0 Å². The zero-order valence-electron chi connectivity index (χ0n) is 10.3. The molecule has 1 aromatic rings.